The van der Waals surface area contributed by atoms with Crippen LogP contribution in [0, 0.1) is 27.7 Å². The molecule has 0 spiro atoms. The number of carbonyl (C=O) groups excluding carboxylic acids is 2. The summed E-state index contributed by atoms with van der Waals surface area (Å²) in [5.41, 5.74) is 5.12. The number of ether oxygens (including phenoxy) is 2. The third-order valence-electron chi connectivity index (χ3n) is 5.01. The van der Waals surface area contributed by atoms with Crippen molar-refractivity contribution in [2.75, 3.05) is 19.0 Å². The summed E-state index contributed by atoms with van der Waals surface area (Å²) in [5.74, 6) is -0.105. The van der Waals surface area contributed by atoms with Crippen molar-refractivity contribution >= 4 is 28.2 Å². The van der Waals surface area contributed by atoms with Crippen molar-refractivity contribution < 1.29 is 19.1 Å². The summed E-state index contributed by atoms with van der Waals surface area (Å²) in [5, 5.41) is 3.30. The van der Waals surface area contributed by atoms with Gasteiger partial charge >= 0.3 is 5.97 Å². The standard InChI is InChI=1S/C24H25NO4S/c1-14-11-12-15(2)22(16(14)3)29-13-19(26)25-23-21(24(27)28-5)20(17(4)30-23)18-9-7-6-8-10-18/h6-12H,13H2,1-5H3,(H,25,26). The molecule has 1 amide bonds. The number of methoxy groups -OCH3 is 1. The summed E-state index contributed by atoms with van der Waals surface area (Å²) in [4.78, 5) is 26.1. The van der Waals surface area contributed by atoms with Crippen molar-refractivity contribution in [3.63, 3.8) is 0 Å². The smallest absolute Gasteiger partial charge is 0.341 e. The van der Waals surface area contributed by atoms with E-state index in [1.165, 1.54) is 18.4 Å². The van der Waals surface area contributed by atoms with Gasteiger partial charge in [-0.05, 0) is 49.9 Å². The molecule has 3 rings (SSSR count). The summed E-state index contributed by atoms with van der Waals surface area (Å²) in [6.07, 6.45) is 0. The molecule has 0 unspecified atom stereocenters. The van der Waals surface area contributed by atoms with Crippen molar-refractivity contribution in [1.29, 1.82) is 0 Å². The van der Waals surface area contributed by atoms with Crippen LogP contribution in [0.25, 0.3) is 11.1 Å². The predicted octanol–water partition coefficient (Wildman–Crippen LogP) is 5.45. The van der Waals surface area contributed by atoms with Crippen LogP contribution in [-0.4, -0.2) is 25.6 Å². The molecule has 1 N–H and O–H groups in total. The topological polar surface area (TPSA) is 64.6 Å². The molecular weight excluding hydrogens is 398 g/mol. The van der Waals surface area contributed by atoms with Crippen molar-refractivity contribution in [2.24, 2.45) is 0 Å². The van der Waals surface area contributed by atoms with Gasteiger partial charge in [-0.25, -0.2) is 4.79 Å². The molecule has 5 nitrogen and oxygen atoms in total. The van der Waals surface area contributed by atoms with Crippen LogP contribution in [-0.2, 0) is 9.53 Å². The van der Waals surface area contributed by atoms with Crippen LogP contribution >= 0.6 is 11.3 Å². The Hall–Kier alpha value is -3.12. The lowest BCUT2D eigenvalue weighted by Crippen LogP contribution is -2.21. The maximum absolute atomic E-state index is 12.6. The molecule has 0 radical (unpaired) electrons. The zero-order chi connectivity index (χ0) is 21.8. The third-order valence-corrected chi connectivity index (χ3v) is 6.03. The van der Waals surface area contributed by atoms with Crippen LogP contribution < -0.4 is 10.1 Å². The quantitative estimate of drug-likeness (QED) is 0.535. The van der Waals surface area contributed by atoms with Crippen molar-refractivity contribution in [3.05, 3.63) is 69.6 Å². The van der Waals surface area contributed by atoms with E-state index in [9.17, 15) is 9.59 Å². The minimum atomic E-state index is -0.486. The number of anilines is 1. The highest BCUT2D eigenvalue weighted by Crippen LogP contribution is 2.40. The molecule has 2 aromatic carbocycles. The zero-order valence-electron chi connectivity index (χ0n) is 17.8. The lowest BCUT2D eigenvalue weighted by molar-refractivity contribution is -0.118. The summed E-state index contributed by atoms with van der Waals surface area (Å²) < 4.78 is 10.8. The van der Waals surface area contributed by atoms with Gasteiger partial charge in [0, 0.05) is 10.4 Å². The number of benzene rings is 2. The molecule has 0 aliphatic heterocycles. The van der Waals surface area contributed by atoms with E-state index in [4.69, 9.17) is 9.47 Å². The van der Waals surface area contributed by atoms with Gasteiger partial charge in [0.05, 0.1) is 7.11 Å². The molecule has 3 aromatic rings. The minimum Gasteiger partial charge on any atom is -0.483 e. The number of amides is 1. The Kier molecular flexibility index (Phi) is 6.57. The maximum Gasteiger partial charge on any atom is 0.341 e. The summed E-state index contributed by atoms with van der Waals surface area (Å²) in [6, 6.07) is 13.6. The van der Waals surface area contributed by atoms with E-state index in [1.54, 1.807) is 0 Å². The number of hydrogen-bond donors (Lipinski definition) is 1. The summed E-state index contributed by atoms with van der Waals surface area (Å²) in [6.45, 7) is 7.70. The normalized spacial score (nSPS) is 10.6. The molecule has 0 bridgehead atoms. The fraction of sp³-hybridized carbons (Fsp3) is 0.250. The monoisotopic (exact) mass is 423 g/mol. The maximum atomic E-state index is 12.6. The Morgan fingerprint density at radius 3 is 2.30 bits per heavy atom. The first-order valence-corrected chi connectivity index (χ1v) is 10.4. The van der Waals surface area contributed by atoms with Crippen molar-refractivity contribution in [3.8, 4) is 16.9 Å². The second-order valence-corrected chi connectivity index (χ2v) is 8.31. The van der Waals surface area contributed by atoms with Crippen molar-refractivity contribution in [2.45, 2.75) is 27.7 Å². The Bertz CT molecular complexity index is 1090. The molecule has 0 saturated heterocycles. The lowest BCUT2D eigenvalue weighted by Gasteiger charge is -2.14. The molecular formula is C24H25NO4S. The van der Waals surface area contributed by atoms with Crippen LogP contribution in [0.5, 0.6) is 5.75 Å². The van der Waals surface area contributed by atoms with Gasteiger partial charge in [0.25, 0.3) is 5.91 Å². The number of esters is 1. The van der Waals surface area contributed by atoms with E-state index in [0.717, 1.165) is 32.7 Å². The molecule has 0 atom stereocenters. The number of rotatable bonds is 6. The highest BCUT2D eigenvalue weighted by atomic mass is 32.1. The van der Waals surface area contributed by atoms with Gasteiger partial charge in [0.1, 0.15) is 16.3 Å². The average molecular weight is 424 g/mol. The van der Waals surface area contributed by atoms with Gasteiger partial charge < -0.3 is 14.8 Å². The molecule has 6 heteroatoms. The number of hydrogen-bond acceptors (Lipinski definition) is 5. The van der Waals surface area contributed by atoms with Crippen LogP contribution in [0.3, 0.4) is 0 Å². The summed E-state index contributed by atoms with van der Waals surface area (Å²) >= 11 is 1.35. The first-order valence-electron chi connectivity index (χ1n) is 9.60. The Labute approximate surface area is 180 Å². The molecule has 0 fully saturated rings. The second kappa shape index (κ2) is 9.13. The molecule has 0 aliphatic rings. The van der Waals surface area contributed by atoms with Crippen LogP contribution in [0.1, 0.15) is 31.9 Å². The predicted molar refractivity (Wildman–Crippen MR) is 121 cm³/mol. The lowest BCUT2D eigenvalue weighted by atomic mass is 10.0. The zero-order valence-corrected chi connectivity index (χ0v) is 18.6. The molecule has 1 heterocycles. The average Bonchev–Trinajstić information content (AvgIpc) is 3.06. The molecule has 156 valence electrons. The first-order chi connectivity index (χ1) is 14.3. The van der Waals surface area contributed by atoms with Gasteiger partial charge in [-0.2, -0.15) is 0 Å². The number of carbonyl (C=O) groups is 2. The van der Waals surface area contributed by atoms with Crippen LogP contribution in [0.4, 0.5) is 5.00 Å². The van der Waals surface area contributed by atoms with Gasteiger partial charge in [-0.15, -0.1) is 11.3 Å². The molecule has 1 aromatic heterocycles. The summed E-state index contributed by atoms with van der Waals surface area (Å²) in [7, 11) is 1.34. The van der Waals surface area contributed by atoms with Crippen LogP contribution in [0.2, 0.25) is 0 Å². The van der Waals surface area contributed by atoms with Gasteiger partial charge in [-0.1, -0.05) is 42.5 Å². The Morgan fingerprint density at radius 2 is 1.63 bits per heavy atom. The van der Waals surface area contributed by atoms with Gasteiger partial charge in [0.15, 0.2) is 6.61 Å². The minimum absolute atomic E-state index is 0.149. The molecule has 0 saturated carbocycles. The van der Waals surface area contributed by atoms with E-state index in [2.05, 4.69) is 5.32 Å². The number of aryl methyl sites for hydroxylation is 3. The highest BCUT2D eigenvalue weighted by Gasteiger charge is 2.25. The molecule has 30 heavy (non-hydrogen) atoms. The largest absolute Gasteiger partial charge is 0.483 e. The van der Waals surface area contributed by atoms with E-state index < -0.39 is 5.97 Å². The third kappa shape index (κ3) is 4.39. The van der Waals surface area contributed by atoms with Gasteiger partial charge in [-0.3, -0.25) is 4.79 Å². The second-order valence-electron chi connectivity index (χ2n) is 7.09. The van der Waals surface area contributed by atoms with Gasteiger partial charge in [0.2, 0.25) is 0 Å². The van der Waals surface area contributed by atoms with E-state index in [1.807, 2.05) is 70.2 Å². The molecule has 0 aliphatic carbocycles. The highest BCUT2D eigenvalue weighted by molar-refractivity contribution is 7.17. The van der Waals surface area contributed by atoms with E-state index in [0.29, 0.717) is 16.3 Å². The fourth-order valence-electron chi connectivity index (χ4n) is 3.33. The van der Waals surface area contributed by atoms with Crippen LogP contribution in [0.15, 0.2) is 42.5 Å². The fourth-order valence-corrected chi connectivity index (χ4v) is 4.41. The van der Waals surface area contributed by atoms with Crippen molar-refractivity contribution in [1.82, 2.24) is 0 Å². The first kappa shape index (κ1) is 21.6. The SMILES string of the molecule is COC(=O)c1c(NC(=O)COc2c(C)ccc(C)c2C)sc(C)c1-c1ccccc1. The Balaban J connectivity index is 1.85. The Morgan fingerprint density at radius 1 is 0.967 bits per heavy atom. The van der Waals surface area contributed by atoms with E-state index in [-0.39, 0.29) is 12.5 Å². The number of thiophene rings is 1. The van der Waals surface area contributed by atoms with E-state index >= 15 is 0 Å². The number of nitrogens with one attached hydrogen (secondary N) is 1.